The quantitative estimate of drug-likeness (QED) is 0.755. The third-order valence-electron chi connectivity index (χ3n) is 4.48. The van der Waals surface area contributed by atoms with Crippen LogP contribution in [0, 0.1) is 0 Å². The van der Waals surface area contributed by atoms with Crippen molar-refractivity contribution < 1.29 is 27.9 Å². The van der Waals surface area contributed by atoms with E-state index in [4.69, 9.17) is 4.74 Å². The second-order valence-electron chi connectivity index (χ2n) is 6.47. The number of phenols is 1. The number of esters is 1. The van der Waals surface area contributed by atoms with Crippen LogP contribution in [-0.4, -0.2) is 57.0 Å². The number of nitrogens with zero attached hydrogens (tertiary/aromatic N) is 2. The predicted octanol–water partition coefficient (Wildman–Crippen LogP) is 1.39. The van der Waals surface area contributed by atoms with Crippen molar-refractivity contribution in [2.24, 2.45) is 0 Å². The molecule has 0 atom stereocenters. The van der Waals surface area contributed by atoms with Gasteiger partial charge in [-0.25, -0.2) is 17.5 Å². The maximum Gasteiger partial charge on any atom is 0.342 e. The number of amides is 1. The average molecular weight is 404 g/mol. The van der Waals surface area contributed by atoms with E-state index < -0.39 is 34.3 Å². The highest BCUT2D eigenvalue weighted by atomic mass is 32.2. The van der Waals surface area contributed by atoms with E-state index in [0.717, 1.165) is 34.1 Å². The first-order valence-electron chi connectivity index (χ1n) is 8.53. The Morgan fingerprint density at radius 1 is 1.18 bits per heavy atom. The number of hydrogen-bond acceptors (Lipinski definition) is 6. The minimum Gasteiger partial charge on any atom is -0.507 e. The van der Waals surface area contributed by atoms with Crippen LogP contribution in [-0.2, 0) is 26.0 Å². The van der Waals surface area contributed by atoms with Crippen LogP contribution in [0.3, 0.4) is 0 Å². The van der Waals surface area contributed by atoms with E-state index in [-0.39, 0.29) is 10.5 Å². The number of fused-ring (bicyclic) bond motifs is 1. The summed E-state index contributed by atoms with van der Waals surface area (Å²) in [5.74, 6) is -1.80. The van der Waals surface area contributed by atoms with E-state index in [1.807, 2.05) is 24.3 Å². The average Bonchev–Trinajstić information content (AvgIpc) is 3.10. The van der Waals surface area contributed by atoms with Gasteiger partial charge in [-0.05, 0) is 36.2 Å². The fourth-order valence-electron chi connectivity index (χ4n) is 2.93. The number of phenolic OH excluding ortho intramolecular Hbond substituents is 1. The highest BCUT2D eigenvalue weighted by molar-refractivity contribution is 7.89. The zero-order valence-corrected chi connectivity index (χ0v) is 16.3. The van der Waals surface area contributed by atoms with Crippen molar-refractivity contribution in [1.29, 1.82) is 0 Å². The van der Waals surface area contributed by atoms with Crippen molar-refractivity contribution >= 4 is 27.6 Å². The van der Waals surface area contributed by atoms with Crippen molar-refractivity contribution in [3.8, 4) is 5.75 Å². The molecule has 3 rings (SSSR count). The van der Waals surface area contributed by atoms with Gasteiger partial charge in [0.2, 0.25) is 10.0 Å². The molecule has 0 radical (unpaired) electrons. The minimum absolute atomic E-state index is 0.165. The number of anilines is 1. The molecule has 0 aromatic heterocycles. The Hall–Kier alpha value is -2.91. The van der Waals surface area contributed by atoms with E-state index in [0.29, 0.717) is 6.54 Å². The second kappa shape index (κ2) is 7.61. The molecule has 0 fully saturated rings. The molecule has 0 spiro atoms. The number of carbonyl (C=O) groups excluding carboxylic acids is 2. The molecule has 9 heteroatoms. The predicted molar refractivity (Wildman–Crippen MR) is 102 cm³/mol. The van der Waals surface area contributed by atoms with Gasteiger partial charge in [0, 0.05) is 26.3 Å². The summed E-state index contributed by atoms with van der Waals surface area (Å²) in [4.78, 5) is 26.1. The molecule has 1 aliphatic rings. The van der Waals surface area contributed by atoms with E-state index in [1.54, 1.807) is 0 Å². The van der Waals surface area contributed by atoms with Gasteiger partial charge in [0.05, 0.1) is 4.90 Å². The number of sulfonamides is 1. The van der Waals surface area contributed by atoms with Crippen LogP contribution in [0.25, 0.3) is 0 Å². The van der Waals surface area contributed by atoms with E-state index in [2.05, 4.69) is 0 Å². The molecular formula is C19H20N2O6S. The summed E-state index contributed by atoms with van der Waals surface area (Å²) in [5, 5.41) is 9.91. The van der Waals surface area contributed by atoms with Crippen LogP contribution in [0.5, 0.6) is 5.75 Å². The fourth-order valence-corrected chi connectivity index (χ4v) is 3.86. The fraction of sp³-hybridized carbons (Fsp3) is 0.263. The highest BCUT2D eigenvalue weighted by Gasteiger charge is 2.26. The molecule has 28 heavy (non-hydrogen) atoms. The zero-order valence-electron chi connectivity index (χ0n) is 15.5. The number of carbonyl (C=O) groups is 2. The zero-order chi connectivity index (χ0) is 20.5. The first-order chi connectivity index (χ1) is 13.2. The smallest absolute Gasteiger partial charge is 0.342 e. The summed E-state index contributed by atoms with van der Waals surface area (Å²) in [6, 6.07) is 10.8. The van der Waals surface area contributed by atoms with Gasteiger partial charge in [-0.15, -0.1) is 0 Å². The lowest BCUT2D eigenvalue weighted by molar-refractivity contribution is -0.121. The Morgan fingerprint density at radius 3 is 2.61 bits per heavy atom. The van der Waals surface area contributed by atoms with Gasteiger partial charge in [-0.1, -0.05) is 18.2 Å². The Bertz CT molecular complexity index is 1030. The molecule has 1 N–H and O–H groups in total. The van der Waals surface area contributed by atoms with Gasteiger partial charge >= 0.3 is 5.97 Å². The largest absolute Gasteiger partial charge is 0.507 e. The Balaban J connectivity index is 1.73. The standard InChI is InChI=1S/C19H20N2O6S/c1-20(2)28(25,26)14-7-8-17(22)15(11-14)19(24)27-12-18(23)21-10-9-13-5-3-4-6-16(13)21/h3-8,11,22H,9-10,12H2,1-2H3. The summed E-state index contributed by atoms with van der Waals surface area (Å²) in [6.07, 6.45) is 0.723. The number of para-hydroxylation sites is 1. The van der Waals surface area contributed by atoms with Gasteiger partial charge in [-0.3, -0.25) is 4.79 Å². The molecule has 2 aromatic rings. The monoisotopic (exact) mass is 404 g/mol. The van der Waals surface area contributed by atoms with Crippen LogP contribution in [0.15, 0.2) is 47.4 Å². The third-order valence-corrected chi connectivity index (χ3v) is 6.29. The van der Waals surface area contributed by atoms with Crippen LogP contribution in [0.2, 0.25) is 0 Å². The van der Waals surface area contributed by atoms with Gasteiger partial charge in [-0.2, -0.15) is 0 Å². The SMILES string of the molecule is CN(C)S(=O)(=O)c1ccc(O)c(C(=O)OCC(=O)N2CCc3ccccc32)c1. The Morgan fingerprint density at radius 2 is 1.89 bits per heavy atom. The summed E-state index contributed by atoms with van der Waals surface area (Å²) < 4.78 is 30.4. The van der Waals surface area contributed by atoms with E-state index in [9.17, 15) is 23.1 Å². The highest BCUT2D eigenvalue weighted by Crippen LogP contribution is 2.28. The van der Waals surface area contributed by atoms with Gasteiger partial charge in [0.1, 0.15) is 11.3 Å². The Labute approximate surface area is 163 Å². The molecule has 1 heterocycles. The van der Waals surface area contributed by atoms with Crippen molar-refractivity contribution in [3.05, 3.63) is 53.6 Å². The van der Waals surface area contributed by atoms with Crippen molar-refractivity contribution in [3.63, 3.8) is 0 Å². The van der Waals surface area contributed by atoms with Crippen molar-refractivity contribution in [1.82, 2.24) is 4.31 Å². The first-order valence-corrected chi connectivity index (χ1v) is 9.97. The molecule has 0 saturated heterocycles. The lowest BCUT2D eigenvalue weighted by Gasteiger charge is -2.17. The van der Waals surface area contributed by atoms with Crippen molar-refractivity contribution in [2.45, 2.75) is 11.3 Å². The molecule has 1 aliphatic heterocycles. The van der Waals surface area contributed by atoms with Gasteiger partial charge in [0.25, 0.3) is 5.91 Å². The van der Waals surface area contributed by atoms with Gasteiger partial charge in [0.15, 0.2) is 6.61 Å². The molecular weight excluding hydrogens is 384 g/mol. The summed E-state index contributed by atoms with van der Waals surface area (Å²) in [5.41, 5.74) is 1.50. The van der Waals surface area contributed by atoms with Gasteiger partial charge < -0.3 is 14.7 Å². The summed E-state index contributed by atoms with van der Waals surface area (Å²) in [7, 11) is -1.08. The first kappa shape index (κ1) is 19.8. The number of benzene rings is 2. The van der Waals surface area contributed by atoms with Crippen LogP contribution >= 0.6 is 0 Å². The van der Waals surface area contributed by atoms with E-state index >= 15 is 0 Å². The Kier molecular flexibility index (Phi) is 5.39. The third kappa shape index (κ3) is 3.71. The maximum atomic E-state index is 12.4. The lowest BCUT2D eigenvalue weighted by atomic mass is 10.2. The topological polar surface area (TPSA) is 104 Å². The molecule has 1 amide bonds. The van der Waals surface area contributed by atoms with Crippen molar-refractivity contribution in [2.75, 3.05) is 32.1 Å². The second-order valence-corrected chi connectivity index (χ2v) is 8.62. The molecule has 0 unspecified atom stereocenters. The molecule has 148 valence electrons. The van der Waals surface area contributed by atoms with Crippen LogP contribution < -0.4 is 4.90 Å². The molecule has 0 bridgehead atoms. The van der Waals surface area contributed by atoms with Crippen LogP contribution in [0.1, 0.15) is 15.9 Å². The summed E-state index contributed by atoms with van der Waals surface area (Å²) in [6.45, 7) is -0.0190. The molecule has 0 aliphatic carbocycles. The number of hydrogen-bond donors (Lipinski definition) is 1. The molecule has 0 saturated carbocycles. The van der Waals surface area contributed by atoms with E-state index in [1.165, 1.54) is 25.1 Å². The number of ether oxygens (including phenoxy) is 1. The summed E-state index contributed by atoms with van der Waals surface area (Å²) >= 11 is 0. The minimum atomic E-state index is -3.79. The normalized spacial score (nSPS) is 13.5. The molecule has 2 aromatic carbocycles. The maximum absolute atomic E-state index is 12.4. The van der Waals surface area contributed by atoms with Crippen LogP contribution in [0.4, 0.5) is 5.69 Å². The molecule has 8 nitrogen and oxygen atoms in total. The lowest BCUT2D eigenvalue weighted by Crippen LogP contribution is -2.33. The number of aromatic hydroxyl groups is 1. The number of rotatable bonds is 5.